The number of benzene rings is 1. The topological polar surface area (TPSA) is 55.5 Å². The fourth-order valence-corrected chi connectivity index (χ4v) is 5.20. The molecule has 0 N–H and O–H groups in total. The number of rotatable bonds is 3. The van der Waals surface area contributed by atoms with E-state index in [0.29, 0.717) is 17.4 Å². The highest BCUT2D eigenvalue weighted by Gasteiger charge is 2.30. The molecule has 2 atom stereocenters. The average molecular weight is 412 g/mol. The van der Waals surface area contributed by atoms with E-state index in [2.05, 4.69) is 52.7 Å². The number of likely N-dealkylation sites (tertiary alicyclic amines) is 2. The molecule has 2 unspecified atom stereocenters. The smallest absolute Gasteiger partial charge is 0.104 e. The fourth-order valence-electron chi connectivity index (χ4n) is 5.20. The fraction of sp³-hybridized carbons (Fsp3) is 0.423. The van der Waals surface area contributed by atoms with Gasteiger partial charge in [0.2, 0.25) is 0 Å². The predicted molar refractivity (Wildman–Crippen MR) is 125 cm³/mol. The first-order valence-electron chi connectivity index (χ1n) is 11.4. The molecule has 3 aliphatic rings. The maximum absolute atomic E-state index is 9.48. The lowest BCUT2D eigenvalue weighted by molar-refractivity contribution is 0.208. The van der Waals surface area contributed by atoms with Gasteiger partial charge in [0.15, 0.2) is 0 Å². The van der Waals surface area contributed by atoms with Gasteiger partial charge in [-0.05, 0) is 48.4 Å². The summed E-state index contributed by atoms with van der Waals surface area (Å²) in [7, 11) is 0. The van der Waals surface area contributed by atoms with Crippen molar-refractivity contribution in [2.24, 2.45) is 10.9 Å². The molecule has 0 amide bonds. The zero-order valence-electron chi connectivity index (χ0n) is 18.2. The van der Waals surface area contributed by atoms with Crippen LogP contribution in [-0.4, -0.2) is 46.8 Å². The molecular weight excluding hydrogens is 382 g/mol. The number of piperidine rings is 1. The highest BCUT2D eigenvalue weighted by Crippen LogP contribution is 2.37. The zero-order valence-corrected chi connectivity index (χ0v) is 18.2. The van der Waals surface area contributed by atoms with E-state index in [1.54, 1.807) is 6.20 Å². The van der Waals surface area contributed by atoms with E-state index in [1.807, 2.05) is 12.1 Å². The molecule has 5 nitrogen and oxygen atoms in total. The monoisotopic (exact) mass is 411 g/mol. The molecule has 158 valence electrons. The van der Waals surface area contributed by atoms with Gasteiger partial charge in [-0.15, -0.1) is 0 Å². The minimum atomic E-state index is 0.393. The van der Waals surface area contributed by atoms with Crippen LogP contribution in [0.15, 0.2) is 59.5 Å². The van der Waals surface area contributed by atoms with Crippen LogP contribution >= 0.6 is 0 Å². The number of aliphatic imine (C=N–C) groups is 1. The number of hydrogen-bond donors (Lipinski definition) is 0. The first-order valence-corrected chi connectivity index (χ1v) is 11.4. The van der Waals surface area contributed by atoms with Crippen molar-refractivity contribution in [3.63, 3.8) is 0 Å². The number of amidine groups is 1. The Balaban J connectivity index is 1.39. The highest BCUT2D eigenvalue weighted by atomic mass is 15.2. The van der Waals surface area contributed by atoms with Gasteiger partial charge in [-0.1, -0.05) is 25.6 Å². The number of fused-ring (bicyclic) bond motifs is 1. The summed E-state index contributed by atoms with van der Waals surface area (Å²) >= 11 is 0. The van der Waals surface area contributed by atoms with Gasteiger partial charge in [-0.25, -0.2) is 4.99 Å². The summed E-state index contributed by atoms with van der Waals surface area (Å²) in [5.74, 6) is 2.20. The van der Waals surface area contributed by atoms with Crippen LogP contribution in [0.3, 0.4) is 0 Å². The summed E-state index contributed by atoms with van der Waals surface area (Å²) in [6, 6.07) is 10.4. The molecule has 31 heavy (non-hydrogen) atoms. The lowest BCUT2D eigenvalue weighted by atomic mass is 9.82. The van der Waals surface area contributed by atoms with Crippen LogP contribution in [0.4, 0.5) is 0 Å². The third-order valence-corrected chi connectivity index (χ3v) is 6.98. The largest absolute Gasteiger partial charge is 0.371 e. The van der Waals surface area contributed by atoms with E-state index in [9.17, 15) is 5.26 Å². The lowest BCUT2D eigenvalue weighted by Crippen LogP contribution is -2.42. The summed E-state index contributed by atoms with van der Waals surface area (Å²) in [5, 5.41) is 10.6. The minimum Gasteiger partial charge on any atom is -0.371 e. The van der Waals surface area contributed by atoms with Crippen LogP contribution in [0, 0.1) is 17.2 Å². The van der Waals surface area contributed by atoms with Crippen molar-refractivity contribution in [3.05, 3.63) is 65.6 Å². The molecule has 2 fully saturated rings. The normalized spacial score (nSPS) is 23.6. The number of hydrogen-bond acceptors (Lipinski definition) is 5. The predicted octanol–water partition coefficient (Wildman–Crippen LogP) is 4.83. The molecule has 5 heteroatoms. The molecular formula is C26H29N5. The van der Waals surface area contributed by atoms with Gasteiger partial charge >= 0.3 is 0 Å². The standard InChI is InChI=1S/C26H29N5/c1-18-13-22(23-8-6-20(14-27)26-24(23)5-3-10-28-26)17-31(16-18)19(2)21-7-9-25(29-15-21)30-11-4-12-30/h3,5-6,8,10,15,18,22H,2,4,7,9,11-13,16-17H2,1H3. The number of pyridine rings is 1. The van der Waals surface area contributed by atoms with Gasteiger partial charge in [-0.3, -0.25) is 4.98 Å². The highest BCUT2D eigenvalue weighted by molar-refractivity contribution is 5.87. The van der Waals surface area contributed by atoms with Crippen LogP contribution in [0.5, 0.6) is 0 Å². The van der Waals surface area contributed by atoms with Crippen LogP contribution in [0.25, 0.3) is 10.9 Å². The summed E-state index contributed by atoms with van der Waals surface area (Å²) in [5.41, 5.74) is 5.14. The van der Waals surface area contributed by atoms with Crippen LogP contribution in [0.1, 0.15) is 49.7 Å². The molecule has 0 saturated carbocycles. The average Bonchev–Trinajstić information content (AvgIpc) is 2.77. The first-order chi connectivity index (χ1) is 15.1. The van der Waals surface area contributed by atoms with Gasteiger partial charge in [0.05, 0.1) is 11.1 Å². The Labute approximate surface area is 184 Å². The SMILES string of the molecule is C=C(C1=CN=C(N2CCC2)CC1)N1CC(C)CC(c2ccc(C#N)c3ncccc23)C1. The summed E-state index contributed by atoms with van der Waals surface area (Å²) < 4.78 is 0. The van der Waals surface area contributed by atoms with Crippen LogP contribution in [0.2, 0.25) is 0 Å². The molecule has 0 radical (unpaired) electrons. The van der Waals surface area contributed by atoms with Gasteiger partial charge in [-0.2, -0.15) is 5.26 Å². The van der Waals surface area contributed by atoms with Crippen molar-refractivity contribution < 1.29 is 0 Å². The lowest BCUT2D eigenvalue weighted by Gasteiger charge is -2.41. The second-order valence-electron chi connectivity index (χ2n) is 9.14. The molecule has 1 aromatic heterocycles. The molecule has 4 heterocycles. The van der Waals surface area contributed by atoms with E-state index in [-0.39, 0.29) is 0 Å². The Morgan fingerprint density at radius 3 is 2.77 bits per heavy atom. The first kappa shape index (κ1) is 19.8. The summed E-state index contributed by atoms with van der Waals surface area (Å²) in [4.78, 5) is 14.1. The number of allylic oxidation sites excluding steroid dienone is 1. The van der Waals surface area contributed by atoms with Crippen molar-refractivity contribution in [1.29, 1.82) is 5.26 Å². The number of nitriles is 1. The van der Waals surface area contributed by atoms with Crippen molar-refractivity contribution in [2.75, 3.05) is 26.2 Å². The van der Waals surface area contributed by atoms with Crippen LogP contribution in [-0.2, 0) is 0 Å². The Morgan fingerprint density at radius 2 is 2.06 bits per heavy atom. The molecule has 0 bridgehead atoms. The van der Waals surface area contributed by atoms with E-state index >= 15 is 0 Å². The van der Waals surface area contributed by atoms with Crippen molar-refractivity contribution in [2.45, 2.75) is 38.5 Å². The van der Waals surface area contributed by atoms with E-state index in [1.165, 1.54) is 23.4 Å². The van der Waals surface area contributed by atoms with Crippen molar-refractivity contribution >= 4 is 16.7 Å². The zero-order chi connectivity index (χ0) is 21.4. The molecule has 2 aromatic rings. The molecule has 1 aromatic carbocycles. The van der Waals surface area contributed by atoms with Gasteiger partial charge < -0.3 is 9.80 Å². The Hall–Kier alpha value is -3.13. The third-order valence-electron chi connectivity index (χ3n) is 6.98. The van der Waals surface area contributed by atoms with E-state index in [0.717, 1.165) is 62.0 Å². The quantitative estimate of drug-likeness (QED) is 0.726. The number of nitrogens with zero attached hydrogens (tertiary/aromatic N) is 5. The third kappa shape index (κ3) is 3.72. The molecule has 0 aliphatic carbocycles. The maximum Gasteiger partial charge on any atom is 0.104 e. The van der Waals surface area contributed by atoms with Crippen molar-refractivity contribution in [1.82, 2.24) is 14.8 Å². The second-order valence-corrected chi connectivity index (χ2v) is 9.14. The summed E-state index contributed by atoms with van der Waals surface area (Å²) in [6.45, 7) is 11.1. The van der Waals surface area contributed by atoms with Gasteiger partial charge in [0.25, 0.3) is 0 Å². The van der Waals surface area contributed by atoms with E-state index in [4.69, 9.17) is 4.99 Å². The van der Waals surface area contributed by atoms with Crippen molar-refractivity contribution in [3.8, 4) is 6.07 Å². The minimum absolute atomic E-state index is 0.393. The molecule has 5 rings (SSSR count). The molecule has 0 spiro atoms. The van der Waals surface area contributed by atoms with Gasteiger partial charge in [0.1, 0.15) is 11.9 Å². The molecule has 2 saturated heterocycles. The second kappa shape index (κ2) is 8.19. The Bertz CT molecular complexity index is 1120. The Morgan fingerprint density at radius 1 is 1.19 bits per heavy atom. The maximum atomic E-state index is 9.48. The number of aromatic nitrogens is 1. The van der Waals surface area contributed by atoms with Crippen LogP contribution < -0.4 is 0 Å². The summed E-state index contributed by atoms with van der Waals surface area (Å²) in [6.07, 6.45) is 8.28. The molecule has 3 aliphatic heterocycles. The van der Waals surface area contributed by atoms with E-state index < -0.39 is 0 Å². The van der Waals surface area contributed by atoms with Gasteiger partial charge in [0, 0.05) is 62.0 Å². The Kier molecular flexibility index (Phi) is 5.23.